The van der Waals surface area contributed by atoms with Crippen molar-refractivity contribution in [1.82, 2.24) is 4.57 Å². The Balaban J connectivity index is 2.53. The van der Waals surface area contributed by atoms with Gasteiger partial charge in [0.2, 0.25) is 0 Å². The predicted molar refractivity (Wildman–Crippen MR) is 46.6 cm³/mol. The Kier molecular flexibility index (Phi) is 1.22. The van der Waals surface area contributed by atoms with Crippen LogP contribution in [0.5, 0.6) is 0 Å². The van der Waals surface area contributed by atoms with Gasteiger partial charge < -0.3 is 4.57 Å². The Morgan fingerprint density at radius 2 is 2.55 bits per heavy atom. The third-order valence-corrected chi connectivity index (χ3v) is 2.74. The lowest BCUT2D eigenvalue weighted by atomic mass is 9.86. The van der Waals surface area contributed by atoms with Crippen molar-refractivity contribution in [2.45, 2.75) is 25.3 Å². The molecule has 1 aliphatic heterocycles. The lowest BCUT2D eigenvalue weighted by Crippen LogP contribution is -2.13. The molecule has 0 fully saturated rings. The Morgan fingerprint density at radius 1 is 1.73 bits per heavy atom. The first kappa shape index (κ1) is 6.71. The molecule has 0 saturated carbocycles. The fourth-order valence-corrected chi connectivity index (χ4v) is 1.81. The zero-order valence-electron chi connectivity index (χ0n) is 6.88. The van der Waals surface area contributed by atoms with Crippen LogP contribution in [0.4, 0.5) is 0 Å². The molecule has 1 atom stereocenters. The maximum atomic E-state index is 3.88. The highest BCUT2D eigenvalue weighted by Gasteiger charge is 2.30. The molecule has 1 nitrogen and oxygen atoms in total. The summed E-state index contributed by atoms with van der Waals surface area (Å²) in [7, 11) is 0. The Morgan fingerprint density at radius 3 is 3.27 bits per heavy atom. The summed E-state index contributed by atoms with van der Waals surface area (Å²) in [5.41, 5.74) is 1.64. The van der Waals surface area contributed by atoms with E-state index in [2.05, 4.69) is 42.5 Å². The standard InChI is InChI=1S/C10H13N/c1-3-10(2)6-8-11-7-4-5-9(10)11/h3-5,7H,1,6,8H2,2H3/t10-/m0/s1. The molecular weight excluding hydrogens is 134 g/mol. The summed E-state index contributed by atoms with van der Waals surface area (Å²) in [5.74, 6) is 0. The van der Waals surface area contributed by atoms with E-state index < -0.39 is 0 Å². The van der Waals surface area contributed by atoms with Crippen molar-refractivity contribution < 1.29 is 0 Å². The number of hydrogen-bond donors (Lipinski definition) is 0. The van der Waals surface area contributed by atoms with Gasteiger partial charge in [-0.2, -0.15) is 0 Å². The molecule has 1 aromatic rings. The number of aromatic nitrogens is 1. The molecule has 0 aromatic carbocycles. The molecule has 58 valence electrons. The third-order valence-electron chi connectivity index (χ3n) is 2.74. The smallest absolute Gasteiger partial charge is 0.0272 e. The summed E-state index contributed by atoms with van der Waals surface area (Å²) in [6.45, 7) is 7.27. The summed E-state index contributed by atoms with van der Waals surface area (Å²) in [5, 5.41) is 0. The topological polar surface area (TPSA) is 4.93 Å². The average molecular weight is 147 g/mol. The molecule has 0 spiro atoms. The largest absolute Gasteiger partial charge is 0.351 e. The summed E-state index contributed by atoms with van der Waals surface area (Å²) < 4.78 is 2.31. The van der Waals surface area contributed by atoms with Gasteiger partial charge in [0.1, 0.15) is 0 Å². The molecule has 0 bridgehead atoms. The van der Waals surface area contributed by atoms with E-state index in [4.69, 9.17) is 0 Å². The molecule has 0 amide bonds. The molecule has 0 unspecified atom stereocenters. The van der Waals surface area contributed by atoms with Crippen LogP contribution < -0.4 is 0 Å². The summed E-state index contributed by atoms with van der Waals surface area (Å²) in [4.78, 5) is 0. The van der Waals surface area contributed by atoms with E-state index in [1.807, 2.05) is 0 Å². The van der Waals surface area contributed by atoms with Gasteiger partial charge in [-0.25, -0.2) is 0 Å². The Hall–Kier alpha value is -0.980. The van der Waals surface area contributed by atoms with Crippen molar-refractivity contribution in [1.29, 1.82) is 0 Å². The quantitative estimate of drug-likeness (QED) is 0.537. The molecule has 2 heterocycles. The van der Waals surface area contributed by atoms with E-state index in [0.717, 1.165) is 6.54 Å². The number of rotatable bonds is 1. The molecular formula is C10H13N. The highest BCUT2D eigenvalue weighted by Crippen LogP contribution is 2.35. The lowest BCUT2D eigenvalue weighted by Gasteiger charge is -2.17. The van der Waals surface area contributed by atoms with Gasteiger partial charge in [-0.15, -0.1) is 6.58 Å². The average Bonchev–Trinajstić information content (AvgIpc) is 2.55. The summed E-state index contributed by atoms with van der Waals surface area (Å²) >= 11 is 0. The van der Waals surface area contributed by atoms with Crippen LogP contribution in [0, 0.1) is 0 Å². The molecule has 11 heavy (non-hydrogen) atoms. The monoisotopic (exact) mass is 147 g/mol. The maximum absolute atomic E-state index is 3.88. The molecule has 1 aromatic heterocycles. The summed E-state index contributed by atoms with van der Waals surface area (Å²) in [6.07, 6.45) is 5.41. The van der Waals surface area contributed by atoms with Crippen LogP contribution in [0.25, 0.3) is 0 Å². The van der Waals surface area contributed by atoms with E-state index in [-0.39, 0.29) is 5.41 Å². The number of allylic oxidation sites excluding steroid dienone is 1. The SMILES string of the molecule is C=C[C@@]1(C)CCn2cccc21. The highest BCUT2D eigenvalue weighted by molar-refractivity contribution is 5.27. The van der Waals surface area contributed by atoms with Crippen molar-refractivity contribution in [3.05, 3.63) is 36.7 Å². The molecule has 0 N–H and O–H groups in total. The first-order chi connectivity index (χ1) is 5.26. The zero-order chi connectivity index (χ0) is 7.90. The van der Waals surface area contributed by atoms with Crippen LogP contribution in [0.3, 0.4) is 0 Å². The third kappa shape index (κ3) is 0.770. The van der Waals surface area contributed by atoms with Crippen LogP contribution in [0.15, 0.2) is 31.0 Å². The van der Waals surface area contributed by atoms with Crippen molar-refractivity contribution in [2.24, 2.45) is 0 Å². The number of nitrogens with zero attached hydrogens (tertiary/aromatic N) is 1. The molecule has 1 aliphatic rings. The van der Waals surface area contributed by atoms with Crippen molar-refractivity contribution in [3.8, 4) is 0 Å². The van der Waals surface area contributed by atoms with Crippen molar-refractivity contribution in [3.63, 3.8) is 0 Å². The maximum Gasteiger partial charge on any atom is 0.0272 e. The highest BCUT2D eigenvalue weighted by atomic mass is 15.0. The second-order valence-corrected chi connectivity index (χ2v) is 3.46. The van der Waals surface area contributed by atoms with Crippen LogP contribution in [-0.2, 0) is 12.0 Å². The zero-order valence-corrected chi connectivity index (χ0v) is 6.88. The normalized spacial score (nSPS) is 28.5. The van der Waals surface area contributed by atoms with Gasteiger partial charge in [0.25, 0.3) is 0 Å². The van der Waals surface area contributed by atoms with Gasteiger partial charge >= 0.3 is 0 Å². The van der Waals surface area contributed by atoms with Gasteiger partial charge in [-0.1, -0.05) is 13.0 Å². The van der Waals surface area contributed by atoms with Crippen molar-refractivity contribution in [2.75, 3.05) is 0 Å². The first-order valence-electron chi connectivity index (χ1n) is 4.05. The second kappa shape index (κ2) is 2.00. The van der Waals surface area contributed by atoms with Gasteiger partial charge in [0, 0.05) is 23.9 Å². The van der Waals surface area contributed by atoms with Gasteiger partial charge in [0.15, 0.2) is 0 Å². The summed E-state index contributed by atoms with van der Waals surface area (Å²) in [6, 6.07) is 4.30. The number of hydrogen-bond acceptors (Lipinski definition) is 0. The van der Waals surface area contributed by atoms with Crippen LogP contribution >= 0.6 is 0 Å². The van der Waals surface area contributed by atoms with E-state index in [9.17, 15) is 0 Å². The molecule has 2 rings (SSSR count). The van der Waals surface area contributed by atoms with Crippen LogP contribution in [0.1, 0.15) is 19.0 Å². The minimum atomic E-state index is 0.226. The van der Waals surface area contributed by atoms with Gasteiger partial charge in [-0.3, -0.25) is 0 Å². The Labute approximate surface area is 67.3 Å². The fraction of sp³-hybridized carbons (Fsp3) is 0.400. The second-order valence-electron chi connectivity index (χ2n) is 3.46. The minimum absolute atomic E-state index is 0.226. The van der Waals surface area contributed by atoms with Crippen molar-refractivity contribution >= 4 is 0 Å². The molecule has 0 radical (unpaired) electrons. The molecule has 0 aliphatic carbocycles. The predicted octanol–water partition coefficient (Wildman–Crippen LogP) is 2.34. The lowest BCUT2D eigenvalue weighted by molar-refractivity contribution is 0.585. The van der Waals surface area contributed by atoms with Crippen LogP contribution in [-0.4, -0.2) is 4.57 Å². The minimum Gasteiger partial charge on any atom is -0.351 e. The first-order valence-corrected chi connectivity index (χ1v) is 4.05. The number of fused-ring (bicyclic) bond motifs is 1. The van der Waals surface area contributed by atoms with E-state index in [0.29, 0.717) is 0 Å². The van der Waals surface area contributed by atoms with E-state index >= 15 is 0 Å². The Bertz CT molecular complexity index is 285. The van der Waals surface area contributed by atoms with Crippen LogP contribution in [0.2, 0.25) is 0 Å². The van der Waals surface area contributed by atoms with E-state index in [1.165, 1.54) is 12.1 Å². The molecule has 0 saturated heterocycles. The van der Waals surface area contributed by atoms with Gasteiger partial charge in [-0.05, 0) is 18.6 Å². The van der Waals surface area contributed by atoms with E-state index in [1.54, 1.807) is 0 Å². The fourth-order valence-electron chi connectivity index (χ4n) is 1.81. The van der Waals surface area contributed by atoms with Gasteiger partial charge in [0.05, 0.1) is 0 Å². The molecule has 1 heteroatoms. The number of aryl methyl sites for hydroxylation is 1.